The molecule has 3 aromatic heterocycles. The molecule has 297 valence electrons. The van der Waals surface area contributed by atoms with Crippen LogP contribution in [0.2, 0.25) is 19.6 Å². The number of fused-ring (bicyclic) bond motifs is 3. The van der Waals surface area contributed by atoms with E-state index in [0.29, 0.717) is 11.3 Å². The fourth-order valence-electron chi connectivity index (χ4n) is 7.27. The summed E-state index contributed by atoms with van der Waals surface area (Å²) in [6.45, 7) is 15.7. The number of rotatable bonds is 8. The third-order valence-corrected chi connectivity index (χ3v) is 13.5. The van der Waals surface area contributed by atoms with Crippen LogP contribution in [0.1, 0.15) is 89.7 Å². The molecule has 2 nitrogen and oxygen atoms in total. The average Bonchev–Trinajstić information content (AvgIpc) is 3.60. The normalized spacial score (nSPS) is 13.9. The van der Waals surface area contributed by atoms with Crippen LogP contribution in [0.5, 0.6) is 0 Å². The Morgan fingerprint density at radius 2 is 1.28 bits per heavy atom. The molecule has 8 rings (SSSR count). The molecular formula is C53H54IrN2SSi-2. The van der Waals surface area contributed by atoms with E-state index in [4.69, 9.17) is 13.2 Å². The van der Waals surface area contributed by atoms with Crippen LogP contribution in [-0.2, 0) is 20.1 Å². The fraction of sp³-hybridized carbons (Fsp3) is 0.245. The minimum absolute atomic E-state index is 0. The van der Waals surface area contributed by atoms with E-state index in [1.165, 1.54) is 32.6 Å². The first-order valence-electron chi connectivity index (χ1n) is 22.5. The first-order valence-corrected chi connectivity index (χ1v) is 23.8. The second-order valence-electron chi connectivity index (χ2n) is 16.3. The van der Waals surface area contributed by atoms with Crippen LogP contribution < -0.4 is 5.19 Å². The van der Waals surface area contributed by atoms with Crippen molar-refractivity contribution in [2.75, 3.05) is 0 Å². The van der Waals surface area contributed by atoms with Gasteiger partial charge in [-0.2, -0.15) is 11.3 Å². The minimum Gasteiger partial charge on any atom is -0.305 e. The van der Waals surface area contributed by atoms with Crippen LogP contribution in [0.15, 0.2) is 128 Å². The van der Waals surface area contributed by atoms with Crippen molar-refractivity contribution in [3.63, 3.8) is 0 Å². The van der Waals surface area contributed by atoms with Gasteiger partial charge in [-0.25, -0.2) is 0 Å². The molecule has 0 saturated carbocycles. The van der Waals surface area contributed by atoms with E-state index < -0.39 is 32.6 Å². The smallest absolute Gasteiger partial charge is 0.0799 e. The molecule has 8 aromatic rings. The van der Waals surface area contributed by atoms with Gasteiger partial charge in [0.15, 0.2) is 0 Å². The van der Waals surface area contributed by atoms with E-state index in [2.05, 4.69) is 97.4 Å². The summed E-state index contributed by atoms with van der Waals surface area (Å²) >= 11 is 1.69. The predicted molar refractivity (Wildman–Crippen MR) is 251 cm³/mol. The Hall–Kier alpha value is -4.51. The van der Waals surface area contributed by atoms with E-state index in [9.17, 15) is 0 Å². The second-order valence-corrected chi connectivity index (χ2v) is 22.4. The molecule has 0 bridgehead atoms. The van der Waals surface area contributed by atoms with Gasteiger partial charge in [0, 0.05) is 45.4 Å². The summed E-state index contributed by atoms with van der Waals surface area (Å²) < 4.78 is 51.7. The Kier molecular flexibility index (Phi) is 11.1. The summed E-state index contributed by atoms with van der Waals surface area (Å²) in [4.78, 5) is 9.30. The average molecular weight is 977 g/mol. The monoisotopic (exact) mass is 977 g/mol. The first kappa shape index (κ1) is 35.4. The number of benzene rings is 5. The van der Waals surface area contributed by atoms with E-state index in [1.807, 2.05) is 82.4 Å². The summed E-state index contributed by atoms with van der Waals surface area (Å²) in [5.41, 5.74) is 10.2. The van der Waals surface area contributed by atoms with Crippen molar-refractivity contribution in [3.8, 4) is 44.8 Å². The number of hydrogen-bond acceptors (Lipinski definition) is 3. The SMILES string of the molecule is [2H]C(C)(C)c1c[c-]c(-c2cc(C([2H])(C)C)c([Si](C)(C)C)cn2)cc1-c1ccccc1.[2H]C([2H])([2H])c1cnc(-c2[c-]ccc3c2sc2cc(-c4ccccc4)ccc23)cc1C([2H])(C)C.[Ir]. The number of nitrogens with zero attached hydrogens (tertiary/aromatic N) is 2. The van der Waals surface area contributed by atoms with Crippen LogP contribution in [-0.4, -0.2) is 18.0 Å². The Morgan fingerprint density at radius 3 is 1.91 bits per heavy atom. The zero-order chi connectivity index (χ0) is 45.7. The van der Waals surface area contributed by atoms with Gasteiger partial charge >= 0.3 is 0 Å². The van der Waals surface area contributed by atoms with Crippen LogP contribution >= 0.6 is 11.3 Å². The van der Waals surface area contributed by atoms with Crippen LogP contribution in [0.25, 0.3) is 64.9 Å². The molecule has 3 heterocycles. The first-order chi connectivity index (χ1) is 29.4. The number of hydrogen-bond donors (Lipinski definition) is 0. The number of aryl methyl sites for hydroxylation is 1. The topological polar surface area (TPSA) is 25.8 Å². The van der Waals surface area contributed by atoms with Gasteiger partial charge in [0.25, 0.3) is 0 Å². The number of aromatic nitrogens is 2. The summed E-state index contributed by atoms with van der Waals surface area (Å²) in [6, 6.07) is 45.5. The van der Waals surface area contributed by atoms with Gasteiger partial charge in [-0.15, -0.1) is 53.1 Å². The van der Waals surface area contributed by atoms with Crippen molar-refractivity contribution in [1.82, 2.24) is 9.97 Å². The summed E-state index contributed by atoms with van der Waals surface area (Å²) in [5, 5.41) is 3.53. The van der Waals surface area contributed by atoms with Crippen LogP contribution in [0.3, 0.4) is 0 Å². The summed E-state index contributed by atoms with van der Waals surface area (Å²) in [7, 11) is -1.63. The zero-order valence-electron chi connectivity index (χ0n) is 40.8. The molecular weight excluding hydrogens is 917 g/mol. The molecule has 0 aliphatic rings. The van der Waals surface area contributed by atoms with Gasteiger partial charge in [-0.05, 0) is 79.2 Å². The van der Waals surface area contributed by atoms with E-state index >= 15 is 0 Å². The Morgan fingerprint density at radius 1 is 0.638 bits per heavy atom. The Balaban J connectivity index is 0.000000210. The standard InChI is InChI=1S/C27H22NS.C26H32NSi.Ir/c1-17(2)24-15-25(28-16-18(24)3)23-11-7-10-22-21-13-12-20(14-26(21)29-27(22)23)19-8-5-4-6-9-19;1-18(2)22-14-13-21(15-24(22)20-11-9-8-10-12-20)25-16-23(19(3)4)26(17-27-25)28(5,6)7;/h4-10,12-17H,1-3H3;8-12,14-19H,1-7H3;/q2*-1;/i3D3,17D;18D,19D;. The van der Waals surface area contributed by atoms with Crippen LogP contribution in [0.4, 0.5) is 0 Å². The molecule has 0 saturated heterocycles. The molecule has 0 atom stereocenters. The third-order valence-electron chi connectivity index (χ3n) is 10.3. The van der Waals surface area contributed by atoms with Gasteiger partial charge in [0.1, 0.15) is 0 Å². The molecule has 58 heavy (non-hydrogen) atoms. The quantitative estimate of drug-likeness (QED) is 0.112. The van der Waals surface area contributed by atoms with E-state index in [0.717, 1.165) is 49.2 Å². The molecule has 0 amide bonds. The summed E-state index contributed by atoms with van der Waals surface area (Å²) in [5.74, 6) is -2.50. The molecule has 0 spiro atoms. The summed E-state index contributed by atoms with van der Waals surface area (Å²) in [6.07, 6.45) is 3.38. The third kappa shape index (κ3) is 9.19. The molecule has 0 fully saturated rings. The van der Waals surface area contributed by atoms with Crippen molar-refractivity contribution in [2.45, 2.75) is 85.7 Å². The molecule has 5 aromatic carbocycles. The van der Waals surface area contributed by atoms with Crippen molar-refractivity contribution in [1.29, 1.82) is 0 Å². The van der Waals surface area contributed by atoms with Crippen LogP contribution in [0, 0.1) is 19.0 Å². The van der Waals surface area contributed by atoms with E-state index in [-0.39, 0.29) is 25.7 Å². The van der Waals surface area contributed by atoms with E-state index in [1.54, 1.807) is 31.3 Å². The maximum absolute atomic E-state index is 8.71. The van der Waals surface area contributed by atoms with Gasteiger partial charge in [0.05, 0.1) is 8.07 Å². The molecule has 5 heteroatoms. The maximum atomic E-state index is 8.71. The molecule has 0 N–H and O–H groups in total. The Labute approximate surface area is 373 Å². The van der Waals surface area contributed by atoms with Crippen molar-refractivity contribution in [2.24, 2.45) is 0 Å². The second kappa shape index (κ2) is 18.2. The zero-order valence-corrected chi connectivity index (χ0v) is 39.0. The molecule has 0 unspecified atom stereocenters. The predicted octanol–water partition coefficient (Wildman–Crippen LogP) is 15.0. The van der Waals surface area contributed by atoms with Crippen molar-refractivity contribution < 1.29 is 28.3 Å². The fourth-order valence-corrected chi connectivity index (χ4v) is 10.1. The Bertz CT molecular complexity index is 2920. The minimum atomic E-state index is -2.32. The van der Waals surface area contributed by atoms with Gasteiger partial charge in [0.2, 0.25) is 0 Å². The molecule has 0 aliphatic carbocycles. The molecule has 0 aliphatic heterocycles. The largest absolute Gasteiger partial charge is 0.305 e. The number of thiophene rings is 1. The maximum Gasteiger partial charge on any atom is 0.0799 e. The van der Waals surface area contributed by atoms with Gasteiger partial charge < -0.3 is 9.97 Å². The van der Waals surface area contributed by atoms with Gasteiger partial charge in [-0.3, -0.25) is 0 Å². The van der Waals surface area contributed by atoms with Crippen molar-refractivity contribution >= 4 is 44.8 Å². The van der Waals surface area contributed by atoms with Crippen molar-refractivity contribution in [3.05, 3.63) is 162 Å². The molecule has 1 radical (unpaired) electrons. The number of pyridine rings is 2. The van der Waals surface area contributed by atoms with Gasteiger partial charge in [-0.1, -0.05) is 169 Å².